The zero-order chi connectivity index (χ0) is 16.1. The molecule has 0 saturated carbocycles. The van der Waals surface area contributed by atoms with Gasteiger partial charge in [0.15, 0.2) is 0 Å². The second-order valence-corrected chi connectivity index (χ2v) is 4.91. The van der Waals surface area contributed by atoms with Crippen LogP contribution < -0.4 is 5.32 Å². The molecule has 0 aliphatic carbocycles. The van der Waals surface area contributed by atoms with Gasteiger partial charge in [-0.25, -0.2) is 8.78 Å². The second-order valence-electron chi connectivity index (χ2n) is 4.91. The summed E-state index contributed by atoms with van der Waals surface area (Å²) in [5.74, 6) is -3.77. The molecule has 0 unspecified atom stereocenters. The van der Waals surface area contributed by atoms with Crippen LogP contribution >= 0.6 is 0 Å². The highest BCUT2D eigenvalue weighted by Gasteiger charge is 2.27. The van der Waals surface area contributed by atoms with Crippen molar-refractivity contribution in [3.8, 4) is 0 Å². The third kappa shape index (κ3) is 3.77. The van der Waals surface area contributed by atoms with Crippen molar-refractivity contribution in [1.29, 1.82) is 0 Å². The fourth-order valence-corrected chi connectivity index (χ4v) is 2.24. The third-order valence-corrected chi connectivity index (χ3v) is 3.47. The molecule has 1 aromatic carbocycles. The molecule has 1 heterocycles. The topological polar surface area (TPSA) is 72.9 Å². The van der Waals surface area contributed by atoms with Gasteiger partial charge in [0.25, 0.3) is 0 Å². The molecule has 6 nitrogen and oxygen atoms in total. The van der Waals surface area contributed by atoms with E-state index in [4.69, 9.17) is 5.11 Å². The van der Waals surface area contributed by atoms with Crippen LogP contribution in [0.4, 0.5) is 14.5 Å². The van der Waals surface area contributed by atoms with Crippen molar-refractivity contribution >= 4 is 17.5 Å². The lowest BCUT2D eigenvalue weighted by molar-refractivity contribution is -0.144. The first kappa shape index (κ1) is 16.3. The number of carbonyl (C=O) groups excluding carboxylic acids is 2. The number of β-amino-alcohol motifs (C(OH)–C–C–N with tert-alkyl or cyclic N) is 1. The maximum atomic E-state index is 13.4. The van der Waals surface area contributed by atoms with E-state index < -0.39 is 29.1 Å². The molecule has 1 aliphatic heterocycles. The number of aliphatic hydroxyl groups is 1. The number of amides is 2. The second kappa shape index (κ2) is 7.28. The van der Waals surface area contributed by atoms with Crippen LogP contribution in [0.25, 0.3) is 0 Å². The highest BCUT2D eigenvalue weighted by atomic mass is 19.1. The number of nitrogens with zero attached hydrogens (tertiary/aromatic N) is 2. The van der Waals surface area contributed by atoms with Crippen LogP contribution in [0.2, 0.25) is 0 Å². The summed E-state index contributed by atoms with van der Waals surface area (Å²) in [7, 11) is 0. The summed E-state index contributed by atoms with van der Waals surface area (Å²) in [6.07, 6.45) is 0. The van der Waals surface area contributed by atoms with Crippen molar-refractivity contribution in [3.05, 3.63) is 29.8 Å². The molecule has 0 bridgehead atoms. The summed E-state index contributed by atoms with van der Waals surface area (Å²) in [6.45, 7) is 2.26. The van der Waals surface area contributed by atoms with E-state index in [-0.39, 0.29) is 6.61 Å². The fraction of sp³-hybridized carbons (Fsp3) is 0.429. The number of halogens is 2. The number of hydrogen-bond donors (Lipinski definition) is 2. The molecule has 2 rings (SSSR count). The van der Waals surface area contributed by atoms with Gasteiger partial charge in [0, 0.05) is 32.7 Å². The van der Waals surface area contributed by atoms with Crippen molar-refractivity contribution in [2.45, 2.75) is 0 Å². The maximum Gasteiger partial charge on any atom is 0.314 e. The average molecular weight is 313 g/mol. The van der Waals surface area contributed by atoms with Gasteiger partial charge in [-0.05, 0) is 12.1 Å². The molecule has 1 saturated heterocycles. The number of piperazine rings is 1. The van der Waals surface area contributed by atoms with Gasteiger partial charge >= 0.3 is 11.8 Å². The maximum absolute atomic E-state index is 13.4. The third-order valence-electron chi connectivity index (χ3n) is 3.47. The summed E-state index contributed by atoms with van der Waals surface area (Å²) >= 11 is 0. The average Bonchev–Trinajstić information content (AvgIpc) is 2.51. The van der Waals surface area contributed by atoms with Gasteiger partial charge in [-0.3, -0.25) is 14.5 Å². The van der Waals surface area contributed by atoms with E-state index >= 15 is 0 Å². The minimum atomic E-state index is -1.07. The molecule has 120 valence electrons. The van der Waals surface area contributed by atoms with Gasteiger partial charge in [0.05, 0.1) is 6.61 Å². The van der Waals surface area contributed by atoms with Crippen LogP contribution in [0.5, 0.6) is 0 Å². The van der Waals surface area contributed by atoms with E-state index in [1.54, 1.807) is 0 Å². The zero-order valence-electron chi connectivity index (χ0n) is 11.9. The number of carbonyl (C=O) groups is 2. The summed E-state index contributed by atoms with van der Waals surface area (Å²) < 4.78 is 26.9. The van der Waals surface area contributed by atoms with E-state index in [0.29, 0.717) is 32.7 Å². The number of anilines is 1. The predicted molar refractivity (Wildman–Crippen MR) is 75.1 cm³/mol. The molecule has 0 atom stereocenters. The number of nitrogens with one attached hydrogen (secondary N) is 1. The van der Waals surface area contributed by atoms with Gasteiger partial charge in [0.1, 0.15) is 17.3 Å². The molecule has 0 spiro atoms. The smallest absolute Gasteiger partial charge is 0.314 e. The van der Waals surface area contributed by atoms with Crippen LogP contribution in [-0.4, -0.2) is 66.1 Å². The Kier molecular flexibility index (Phi) is 5.40. The van der Waals surface area contributed by atoms with Gasteiger partial charge in [-0.15, -0.1) is 0 Å². The Morgan fingerprint density at radius 2 is 1.73 bits per heavy atom. The highest BCUT2D eigenvalue weighted by molar-refractivity contribution is 6.39. The summed E-state index contributed by atoms with van der Waals surface area (Å²) in [5, 5.41) is 10.8. The molecular formula is C14H17F2N3O3. The lowest BCUT2D eigenvalue weighted by Gasteiger charge is -2.33. The van der Waals surface area contributed by atoms with Gasteiger partial charge in [-0.1, -0.05) is 6.07 Å². The number of hydrogen-bond acceptors (Lipinski definition) is 4. The van der Waals surface area contributed by atoms with Gasteiger partial charge < -0.3 is 15.3 Å². The molecule has 8 heteroatoms. The van der Waals surface area contributed by atoms with Crippen LogP contribution in [0.3, 0.4) is 0 Å². The Morgan fingerprint density at radius 1 is 1.14 bits per heavy atom. The normalized spacial score (nSPS) is 15.7. The van der Waals surface area contributed by atoms with Crippen LogP contribution in [0.1, 0.15) is 0 Å². The van der Waals surface area contributed by atoms with Crippen LogP contribution in [-0.2, 0) is 9.59 Å². The first-order valence-corrected chi connectivity index (χ1v) is 6.90. The molecule has 2 N–H and O–H groups in total. The van der Waals surface area contributed by atoms with Crippen LogP contribution in [0, 0.1) is 11.6 Å². The number of benzene rings is 1. The first-order chi connectivity index (χ1) is 10.5. The first-order valence-electron chi connectivity index (χ1n) is 6.90. The zero-order valence-corrected chi connectivity index (χ0v) is 11.9. The largest absolute Gasteiger partial charge is 0.395 e. The molecule has 1 aliphatic rings. The Balaban J connectivity index is 1.94. The van der Waals surface area contributed by atoms with Gasteiger partial charge in [0.2, 0.25) is 0 Å². The lowest BCUT2D eigenvalue weighted by Crippen LogP contribution is -2.52. The van der Waals surface area contributed by atoms with Crippen molar-refractivity contribution in [2.24, 2.45) is 0 Å². The van der Waals surface area contributed by atoms with Crippen molar-refractivity contribution in [3.63, 3.8) is 0 Å². The molecule has 2 amide bonds. The van der Waals surface area contributed by atoms with Crippen molar-refractivity contribution < 1.29 is 23.5 Å². The fourth-order valence-electron chi connectivity index (χ4n) is 2.24. The summed E-state index contributed by atoms with van der Waals surface area (Å²) in [6, 6.07) is 3.16. The quantitative estimate of drug-likeness (QED) is 0.773. The highest BCUT2D eigenvalue weighted by Crippen LogP contribution is 2.18. The lowest BCUT2D eigenvalue weighted by atomic mass is 10.2. The van der Waals surface area contributed by atoms with Gasteiger partial charge in [-0.2, -0.15) is 0 Å². The monoisotopic (exact) mass is 313 g/mol. The molecule has 0 aromatic heterocycles. The molecule has 0 radical (unpaired) electrons. The summed E-state index contributed by atoms with van der Waals surface area (Å²) in [4.78, 5) is 27.1. The molecule has 1 fully saturated rings. The Hall–Kier alpha value is -2.06. The van der Waals surface area contributed by atoms with E-state index in [9.17, 15) is 18.4 Å². The SMILES string of the molecule is O=C(Nc1c(F)cccc1F)C(=O)N1CCN(CCO)CC1. The van der Waals surface area contributed by atoms with Crippen molar-refractivity contribution in [1.82, 2.24) is 9.80 Å². The number of aliphatic hydroxyl groups excluding tert-OH is 1. The number of rotatable bonds is 3. The molecule has 1 aromatic rings. The van der Waals surface area contributed by atoms with E-state index in [1.165, 1.54) is 11.0 Å². The van der Waals surface area contributed by atoms with E-state index in [1.807, 2.05) is 10.2 Å². The minimum Gasteiger partial charge on any atom is -0.395 e. The number of para-hydroxylation sites is 1. The molecule has 22 heavy (non-hydrogen) atoms. The molecular weight excluding hydrogens is 296 g/mol. The Bertz CT molecular complexity index is 540. The van der Waals surface area contributed by atoms with E-state index in [2.05, 4.69) is 0 Å². The standard InChI is InChI=1S/C14H17F2N3O3/c15-10-2-1-3-11(16)12(10)17-13(21)14(22)19-6-4-18(5-7-19)8-9-20/h1-3,20H,4-9H2,(H,17,21). The minimum absolute atomic E-state index is 0.0288. The predicted octanol–water partition coefficient (Wildman–Crippen LogP) is 0.0398. The van der Waals surface area contributed by atoms with Crippen molar-refractivity contribution in [2.75, 3.05) is 44.6 Å². The van der Waals surface area contributed by atoms with Crippen LogP contribution in [0.15, 0.2) is 18.2 Å². The summed E-state index contributed by atoms with van der Waals surface area (Å²) in [5.41, 5.74) is -0.625. The van der Waals surface area contributed by atoms with E-state index in [0.717, 1.165) is 12.1 Å². The Morgan fingerprint density at radius 3 is 2.27 bits per heavy atom. The Labute approximate surface area is 126 Å².